The maximum Gasteiger partial charge on any atom is 0.0547 e. The van der Waals surface area contributed by atoms with E-state index in [1.54, 1.807) is 0 Å². The maximum absolute atomic E-state index is 6.45. The molecular formula is C36H56Cl2N2O. The van der Waals surface area contributed by atoms with Crippen LogP contribution in [0.25, 0.3) is 0 Å². The molecule has 2 aromatic carbocycles. The highest BCUT2D eigenvalue weighted by atomic mass is 35.5. The number of ether oxygens (including phenoxy) is 1. The molecule has 3 atom stereocenters. The summed E-state index contributed by atoms with van der Waals surface area (Å²) in [5.41, 5.74) is 9.84. The first kappa shape index (κ1) is 34.4. The average Bonchev–Trinajstić information content (AvgIpc) is 3.35. The molecular weight excluding hydrogens is 547 g/mol. The van der Waals surface area contributed by atoms with Crippen molar-refractivity contribution in [3.05, 3.63) is 69.7 Å². The number of likely N-dealkylation sites (N-methyl/N-ethyl adjacent to an activating group) is 1. The number of nitrogens with two attached hydrogens (primary N) is 1. The first-order chi connectivity index (χ1) is 19.5. The van der Waals surface area contributed by atoms with Crippen LogP contribution in [-0.2, 0) is 15.6 Å². The predicted octanol–water partition coefficient (Wildman–Crippen LogP) is 9.72. The van der Waals surface area contributed by atoms with E-state index in [1.807, 2.05) is 24.3 Å². The zero-order valence-electron chi connectivity index (χ0n) is 26.5. The summed E-state index contributed by atoms with van der Waals surface area (Å²) in [6.45, 7) is 12.2. The Labute approximate surface area is 261 Å². The summed E-state index contributed by atoms with van der Waals surface area (Å²) < 4.78 is 5.15. The minimum absolute atomic E-state index is 0.217. The molecule has 1 saturated heterocycles. The van der Waals surface area contributed by atoms with Crippen molar-refractivity contribution in [2.75, 3.05) is 13.7 Å². The maximum atomic E-state index is 6.45. The van der Waals surface area contributed by atoms with Gasteiger partial charge < -0.3 is 15.8 Å². The number of hydrogen-bond acceptors (Lipinski definition) is 3. The standard InChI is InChI=1S/C16H24ClN.C15H22ClN.C5H10O/c1-12(2)11-15(18-3)16(9-4-10-16)13-5-7-14(17)8-6-13;1-11(2)10-14(17)15(8-3-9-15)12-4-6-13(16)7-5-12;1-5-3-2-4-6-5/h5-8,12,15,18H,4,9-11H2,1-3H3;4-7,11,14H,3,8-10,17H2,1-2H3;5H,2-4H2,1H3. The summed E-state index contributed by atoms with van der Waals surface area (Å²) in [7, 11) is 2.10. The summed E-state index contributed by atoms with van der Waals surface area (Å²) >= 11 is 12.0. The number of rotatable bonds is 9. The van der Waals surface area contributed by atoms with Crippen LogP contribution in [0.5, 0.6) is 0 Å². The molecule has 3 nitrogen and oxygen atoms in total. The van der Waals surface area contributed by atoms with Gasteiger partial charge in [0.25, 0.3) is 0 Å². The van der Waals surface area contributed by atoms with Crippen molar-refractivity contribution >= 4 is 23.2 Å². The van der Waals surface area contributed by atoms with Gasteiger partial charge in [0.1, 0.15) is 0 Å². The molecule has 2 saturated carbocycles. The molecule has 1 aliphatic heterocycles. The summed E-state index contributed by atoms with van der Waals surface area (Å²) in [6, 6.07) is 17.6. The Morgan fingerprint density at radius 3 is 1.54 bits per heavy atom. The van der Waals surface area contributed by atoms with Gasteiger partial charge in [0, 0.05) is 39.6 Å². The fraction of sp³-hybridized carbons (Fsp3) is 0.667. The average molecular weight is 604 g/mol. The fourth-order valence-corrected chi connectivity index (χ4v) is 7.21. The van der Waals surface area contributed by atoms with Crippen molar-refractivity contribution in [1.29, 1.82) is 0 Å². The number of hydrogen-bond donors (Lipinski definition) is 2. The number of nitrogens with one attached hydrogen (secondary N) is 1. The third kappa shape index (κ3) is 9.19. The highest BCUT2D eigenvalue weighted by Gasteiger charge is 2.45. The van der Waals surface area contributed by atoms with E-state index in [9.17, 15) is 0 Å². The van der Waals surface area contributed by atoms with E-state index >= 15 is 0 Å². The van der Waals surface area contributed by atoms with Gasteiger partial charge in [0.15, 0.2) is 0 Å². The van der Waals surface area contributed by atoms with Crippen LogP contribution in [0.15, 0.2) is 48.5 Å². The van der Waals surface area contributed by atoms with Crippen LogP contribution in [0.3, 0.4) is 0 Å². The Morgan fingerprint density at radius 1 is 0.780 bits per heavy atom. The molecule has 3 aliphatic rings. The summed E-state index contributed by atoms with van der Waals surface area (Å²) in [5, 5.41) is 5.19. The normalized spacial score (nSPS) is 22.0. The van der Waals surface area contributed by atoms with Gasteiger partial charge >= 0.3 is 0 Å². The smallest absolute Gasteiger partial charge is 0.0547 e. The van der Waals surface area contributed by atoms with Crippen molar-refractivity contribution in [2.45, 2.75) is 128 Å². The van der Waals surface area contributed by atoms with E-state index in [0.29, 0.717) is 23.5 Å². The topological polar surface area (TPSA) is 47.3 Å². The van der Waals surface area contributed by atoms with Crippen LogP contribution in [0.2, 0.25) is 10.0 Å². The SMILES string of the molecule is CC(C)CC(N)C1(c2ccc(Cl)cc2)CCC1.CC1CCCO1.CNC(CC(C)C)C1(c2ccc(Cl)cc2)CCC1. The van der Waals surface area contributed by atoms with Gasteiger partial charge in [0.2, 0.25) is 0 Å². The lowest BCUT2D eigenvalue weighted by molar-refractivity contribution is 0.125. The van der Waals surface area contributed by atoms with Crippen molar-refractivity contribution in [2.24, 2.45) is 17.6 Å². The largest absolute Gasteiger partial charge is 0.379 e. The van der Waals surface area contributed by atoms with Crippen LogP contribution in [0.1, 0.15) is 110 Å². The van der Waals surface area contributed by atoms with Gasteiger partial charge in [-0.15, -0.1) is 0 Å². The second kappa shape index (κ2) is 16.1. The van der Waals surface area contributed by atoms with E-state index in [4.69, 9.17) is 33.7 Å². The Morgan fingerprint density at radius 2 is 1.24 bits per heavy atom. The first-order valence-electron chi connectivity index (χ1n) is 16.1. The minimum atomic E-state index is 0.217. The van der Waals surface area contributed by atoms with Crippen LogP contribution < -0.4 is 11.1 Å². The van der Waals surface area contributed by atoms with E-state index in [0.717, 1.165) is 29.0 Å². The zero-order valence-corrected chi connectivity index (χ0v) is 28.0. The lowest BCUT2D eigenvalue weighted by atomic mass is 9.59. The zero-order chi connectivity index (χ0) is 30.0. The van der Waals surface area contributed by atoms with Gasteiger partial charge in [-0.2, -0.15) is 0 Å². The number of halogens is 2. The molecule has 3 fully saturated rings. The molecule has 1 heterocycles. The summed E-state index contributed by atoms with van der Waals surface area (Å²) in [5.74, 6) is 1.39. The molecule has 41 heavy (non-hydrogen) atoms. The molecule has 0 spiro atoms. The third-order valence-corrected chi connectivity index (χ3v) is 10.1. The highest BCUT2D eigenvalue weighted by molar-refractivity contribution is 6.30. The van der Waals surface area contributed by atoms with Gasteiger partial charge in [0.05, 0.1) is 6.10 Å². The second-order valence-corrected chi connectivity index (χ2v) is 14.4. The molecule has 2 aliphatic carbocycles. The van der Waals surface area contributed by atoms with Gasteiger partial charge in [-0.1, -0.05) is 88.0 Å². The van der Waals surface area contributed by atoms with E-state index in [2.05, 4.69) is 71.2 Å². The highest BCUT2D eigenvalue weighted by Crippen LogP contribution is 2.48. The number of benzene rings is 2. The molecule has 3 unspecified atom stereocenters. The van der Waals surface area contributed by atoms with Crippen LogP contribution in [0, 0.1) is 11.8 Å². The van der Waals surface area contributed by atoms with Crippen molar-refractivity contribution in [3.63, 3.8) is 0 Å². The first-order valence-corrected chi connectivity index (χ1v) is 16.8. The molecule has 0 bridgehead atoms. The predicted molar refractivity (Wildman–Crippen MR) is 178 cm³/mol. The van der Waals surface area contributed by atoms with Gasteiger partial charge in [-0.05, 0) is 113 Å². The Hall–Kier alpha value is -1.10. The van der Waals surface area contributed by atoms with Crippen LogP contribution in [0.4, 0.5) is 0 Å². The lowest BCUT2D eigenvalue weighted by Gasteiger charge is -2.49. The Kier molecular flexibility index (Phi) is 13.5. The van der Waals surface area contributed by atoms with Gasteiger partial charge in [-0.3, -0.25) is 0 Å². The van der Waals surface area contributed by atoms with Crippen molar-refractivity contribution in [1.82, 2.24) is 5.32 Å². The van der Waals surface area contributed by atoms with Crippen molar-refractivity contribution < 1.29 is 4.74 Å². The third-order valence-electron chi connectivity index (χ3n) is 9.64. The minimum Gasteiger partial charge on any atom is -0.379 e. The second-order valence-electron chi connectivity index (χ2n) is 13.6. The summed E-state index contributed by atoms with van der Waals surface area (Å²) in [6.07, 6.45) is 13.1. The van der Waals surface area contributed by atoms with E-state index in [1.165, 1.54) is 68.9 Å². The van der Waals surface area contributed by atoms with Crippen molar-refractivity contribution in [3.8, 4) is 0 Å². The van der Waals surface area contributed by atoms with Gasteiger partial charge in [-0.25, -0.2) is 0 Å². The van der Waals surface area contributed by atoms with E-state index < -0.39 is 0 Å². The Bertz CT molecular complexity index is 1010. The van der Waals surface area contributed by atoms with Crippen LogP contribution in [-0.4, -0.2) is 31.8 Å². The van der Waals surface area contributed by atoms with E-state index in [-0.39, 0.29) is 11.5 Å². The summed E-state index contributed by atoms with van der Waals surface area (Å²) in [4.78, 5) is 0. The van der Waals surface area contributed by atoms with Crippen LogP contribution >= 0.6 is 23.2 Å². The molecule has 0 radical (unpaired) electrons. The lowest BCUT2D eigenvalue weighted by Crippen LogP contribution is -2.52. The molecule has 5 heteroatoms. The molecule has 3 N–H and O–H groups in total. The molecule has 5 rings (SSSR count). The molecule has 2 aromatic rings. The molecule has 230 valence electrons. The quantitative estimate of drug-likeness (QED) is 0.300. The fourth-order valence-electron chi connectivity index (χ4n) is 6.95. The molecule has 0 aromatic heterocycles. The Balaban J connectivity index is 0.000000188. The molecule has 0 amide bonds. The monoisotopic (exact) mass is 602 g/mol.